The first-order valence-corrected chi connectivity index (χ1v) is 7.97. The molecule has 9 heteroatoms. The van der Waals surface area contributed by atoms with E-state index in [2.05, 4.69) is 10.0 Å². The zero-order chi connectivity index (χ0) is 16.8. The molecule has 8 nitrogen and oxygen atoms in total. The lowest BCUT2D eigenvalue weighted by Gasteiger charge is -2.15. The molecule has 124 valence electrons. The van der Waals surface area contributed by atoms with Crippen molar-refractivity contribution in [2.24, 2.45) is 0 Å². The third kappa shape index (κ3) is 4.58. The molecule has 0 aliphatic carbocycles. The topological polar surface area (TPSA) is 114 Å². The Labute approximate surface area is 129 Å². The number of carbonyl (C=O) groups is 1. The van der Waals surface area contributed by atoms with Gasteiger partial charge in [-0.1, -0.05) is 0 Å². The number of aliphatic hydroxyl groups is 1. The highest BCUT2D eigenvalue weighted by molar-refractivity contribution is 7.89. The number of hydrogen-bond donors (Lipinski definition) is 3. The zero-order valence-electron chi connectivity index (χ0n) is 12.6. The Balaban J connectivity index is 2.92. The summed E-state index contributed by atoms with van der Waals surface area (Å²) in [6.07, 6.45) is 0. The minimum absolute atomic E-state index is 0.0491. The van der Waals surface area contributed by atoms with Crippen LogP contribution < -0.4 is 19.5 Å². The molecule has 0 unspecified atom stereocenters. The van der Waals surface area contributed by atoms with Crippen molar-refractivity contribution < 1.29 is 27.8 Å². The van der Waals surface area contributed by atoms with E-state index in [9.17, 15) is 13.2 Å². The van der Waals surface area contributed by atoms with Crippen LogP contribution in [-0.2, 0) is 14.8 Å². The minimum atomic E-state index is -3.90. The highest BCUT2D eigenvalue weighted by atomic mass is 32.2. The van der Waals surface area contributed by atoms with Crippen molar-refractivity contribution >= 4 is 15.9 Å². The number of methoxy groups -OCH3 is 2. The summed E-state index contributed by atoms with van der Waals surface area (Å²) >= 11 is 0. The molecule has 1 amide bonds. The van der Waals surface area contributed by atoms with Gasteiger partial charge in [0, 0.05) is 12.6 Å². The van der Waals surface area contributed by atoms with Crippen molar-refractivity contribution in [1.29, 1.82) is 0 Å². The molecule has 1 aromatic carbocycles. The first kappa shape index (κ1) is 18.2. The Morgan fingerprint density at radius 2 is 1.91 bits per heavy atom. The van der Waals surface area contributed by atoms with E-state index >= 15 is 0 Å². The van der Waals surface area contributed by atoms with Crippen molar-refractivity contribution in [3.8, 4) is 11.5 Å². The van der Waals surface area contributed by atoms with E-state index in [1.807, 2.05) is 0 Å². The van der Waals surface area contributed by atoms with Gasteiger partial charge in [0.15, 0.2) is 11.5 Å². The van der Waals surface area contributed by atoms with Crippen molar-refractivity contribution in [3.05, 3.63) is 18.2 Å². The van der Waals surface area contributed by atoms with Gasteiger partial charge >= 0.3 is 0 Å². The lowest BCUT2D eigenvalue weighted by molar-refractivity contribution is -0.122. The molecule has 0 saturated carbocycles. The van der Waals surface area contributed by atoms with Crippen molar-refractivity contribution in [1.82, 2.24) is 10.0 Å². The van der Waals surface area contributed by atoms with Gasteiger partial charge in [-0.2, -0.15) is 4.72 Å². The van der Waals surface area contributed by atoms with Crippen LogP contribution in [0.2, 0.25) is 0 Å². The van der Waals surface area contributed by atoms with Crippen LogP contribution in [0.25, 0.3) is 0 Å². The number of sulfonamides is 1. The molecule has 0 aromatic heterocycles. The molecule has 22 heavy (non-hydrogen) atoms. The molecule has 0 radical (unpaired) electrons. The van der Waals surface area contributed by atoms with Gasteiger partial charge in [-0.3, -0.25) is 4.79 Å². The van der Waals surface area contributed by atoms with Crippen LogP contribution >= 0.6 is 0 Å². The lowest BCUT2D eigenvalue weighted by Crippen LogP contribution is -2.45. The van der Waals surface area contributed by atoms with Crippen molar-refractivity contribution in [3.63, 3.8) is 0 Å². The van der Waals surface area contributed by atoms with Crippen LogP contribution in [0.15, 0.2) is 23.1 Å². The number of carbonyl (C=O) groups excluding carboxylic acids is 1. The van der Waals surface area contributed by atoms with Gasteiger partial charge in [-0.15, -0.1) is 0 Å². The second-order valence-corrected chi connectivity index (χ2v) is 6.09. The second-order valence-electron chi connectivity index (χ2n) is 4.37. The highest BCUT2D eigenvalue weighted by Gasteiger charge is 2.23. The molecule has 1 atom stereocenters. The summed E-state index contributed by atoms with van der Waals surface area (Å²) in [6, 6.07) is 3.13. The van der Waals surface area contributed by atoms with E-state index in [-0.39, 0.29) is 23.8 Å². The normalized spacial score (nSPS) is 12.5. The fraction of sp³-hybridized carbons (Fsp3) is 0.462. The standard InChI is InChI=1S/C13H20N2O6S/c1-9(13(17)14-6-7-16)15-22(18,19)10-4-5-11(20-2)12(8-10)21-3/h4-5,8-9,15-16H,6-7H2,1-3H3,(H,14,17)/t9-/m1/s1. The molecular weight excluding hydrogens is 312 g/mol. The van der Waals surface area contributed by atoms with Crippen LogP contribution in [0.3, 0.4) is 0 Å². The van der Waals surface area contributed by atoms with Crippen LogP contribution in [0.4, 0.5) is 0 Å². The van der Waals surface area contributed by atoms with Crippen molar-refractivity contribution in [2.45, 2.75) is 17.9 Å². The maximum Gasteiger partial charge on any atom is 0.241 e. The quantitative estimate of drug-likeness (QED) is 0.590. The first-order chi connectivity index (χ1) is 10.4. The molecular formula is C13H20N2O6S. The summed E-state index contributed by atoms with van der Waals surface area (Å²) < 4.78 is 36.8. The van der Waals surface area contributed by atoms with Gasteiger partial charge in [0.2, 0.25) is 15.9 Å². The van der Waals surface area contributed by atoms with Gasteiger partial charge in [-0.25, -0.2) is 8.42 Å². The van der Waals surface area contributed by atoms with Gasteiger partial charge in [-0.05, 0) is 19.1 Å². The minimum Gasteiger partial charge on any atom is -0.493 e. The Hall–Kier alpha value is -1.84. The summed E-state index contributed by atoms with van der Waals surface area (Å²) in [5.41, 5.74) is 0. The Kier molecular flexibility index (Phi) is 6.60. The number of amides is 1. The number of rotatable bonds is 8. The molecule has 0 bridgehead atoms. The largest absolute Gasteiger partial charge is 0.493 e. The fourth-order valence-corrected chi connectivity index (χ4v) is 2.89. The zero-order valence-corrected chi connectivity index (χ0v) is 13.4. The molecule has 0 aliphatic heterocycles. The van der Waals surface area contributed by atoms with E-state index in [0.717, 1.165) is 0 Å². The molecule has 3 N–H and O–H groups in total. The highest BCUT2D eigenvalue weighted by Crippen LogP contribution is 2.29. The lowest BCUT2D eigenvalue weighted by atomic mass is 10.3. The number of benzene rings is 1. The first-order valence-electron chi connectivity index (χ1n) is 6.48. The maximum atomic E-state index is 12.3. The summed E-state index contributed by atoms with van der Waals surface area (Å²) in [7, 11) is -1.06. The smallest absolute Gasteiger partial charge is 0.241 e. The molecule has 0 aliphatic rings. The molecule has 1 aromatic rings. The summed E-state index contributed by atoms with van der Waals surface area (Å²) in [6.45, 7) is 1.24. The van der Waals surface area contributed by atoms with Crippen LogP contribution in [0.1, 0.15) is 6.92 Å². The summed E-state index contributed by atoms with van der Waals surface area (Å²) in [5, 5.41) is 11.0. The molecule has 0 saturated heterocycles. The number of nitrogens with one attached hydrogen (secondary N) is 2. The Morgan fingerprint density at radius 1 is 1.27 bits per heavy atom. The number of aliphatic hydroxyl groups excluding tert-OH is 1. The SMILES string of the molecule is COc1ccc(S(=O)(=O)N[C@H](C)C(=O)NCCO)cc1OC. The van der Waals surface area contributed by atoms with E-state index < -0.39 is 22.0 Å². The third-order valence-corrected chi connectivity index (χ3v) is 4.34. The average Bonchev–Trinajstić information content (AvgIpc) is 2.51. The number of hydrogen-bond acceptors (Lipinski definition) is 6. The van der Waals surface area contributed by atoms with E-state index in [1.165, 1.54) is 39.3 Å². The van der Waals surface area contributed by atoms with Gasteiger partial charge < -0.3 is 19.9 Å². The van der Waals surface area contributed by atoms with Gasteiger partial charge in [0.05, 0.1) is 31.8 Å². The predicted octanol–water partition coefficient (Wildman–Crippen LogP) is -0.521. The van der Waals surface area contributed by atoms with Gasteiger partial charge in [0.25, 0.3) is 0 Å². The predicted molar refractivity (Wildman–Crippen MR) is 79.4 cm³/mol. The van der Waals surface area contributed by atoms with Crippen molar-refractivity contribution in [2.75, 3.05) is 27.4 Å². The molecule has 0 fully saturated rings. The van der Waals surface area contributed by atoms with Gasteiger partial charge in [0.1, 0.15) is 0 Å². The molecule has 1 rings (SSSR count). The van der Waals surface area contributed by atoms with E-state index in [1.54, 1.807) is 0 Å². The molecule has 0 spiro atoms. The second kappa shape index (κ2) is 7.97. The monoisotopic (exact) mass is 332 g/mol. The number of ether oxygens (including phenoxy) is 2. The fourth-order valence-electron chi connectivity index (χ4n) is 1.67. The summed E-state index contributed by atoms with van der Waals surface area (Å²) in [5.74, 6) is 0.135. The molecule has 0 heterocycles. The van der Waals surface area contributed by atoms with E-state index in [0.29, 0.717) is 5.75 Å². The Morgan fingerprint density at radius 3 is 2.45 bits per heavy atom. The average molecular weight is 332 g/mol. The van der Waals surface area contributed by atoms with Crippen LogP contribution in [0.5, 0.6) is 11.5 Å². The van der Waals surface area contributed by atoms with E-state index in [4.69, 9.17) is 14.6 Å². The maximum absolute atomic E-state index is 12.3. The van der Waals surface area contributed by atoms with Crippen LogP contribution in [0, 0.1) is 0 Å². The third-order valence-electron chi connectivity index (χ3n) is 2.80. The van der Waals surface area contributed by atoms with Crippen LogP contribution in [-0.4, -0.2) is 52.8 Å². The Bertz CT molecular complexity index is 617. The summed E-state index contributed by atoms with van der Waals surface area (Å²) in [4.78, 5) is 11.6.